The molecule has 0 atom stereocenters. The molecule has 0 saturated heterocycles. The molecule has 0 aliphatic heterocycles. The summed E-state index contributed by atoms with van der Waals surface area (Å²) in [6.45, 7) is 1.73. The summed E-state index contributed by atoms with van der Waals surface area (Å²) in [6.07, 6.45) is -2.16. The van der Waals surface area contributed by atoms with E-state index in [4.69, 9.17) is 0 Å². The molecule has 60 valence electrons. The predicted molar refractivity (Wildman–Crippen MR) is 32.1 cm³/mol. The quantitative estimate of drug-likeness (QED) is 0.554. The first-order valence-corrected chi connectivity index (χ1v) is 3.07. The standard InChI is InChI=1S/C6H10F2O2/c1-2-3-10-4-5(9)6(7)8/h6H,2-4H2,1H3. The summed E-state index contributed by atoms with van der Waals surface area (Å²) in [5.41, 5.74) is 0. The van der Waals surface area contributed by atoms with Crippen LogP contribution in [0, 0.1) is 0 Å². The van der Waals surface area contributed by atoms with Gasteiger partial charge in [-0.3, -0.25) is 4.79 Å². The lowest BCUT2D eigenvalue weighted by molar-refractivity contribution is -0.134. The van der Waals surface area contributed by atoms with Crippen LogP contribution < -0.4 is 0 Å². The highest BCUT2D eigenvalue weighted by Gasteiger charge is 2.14. The van der Waals surface area contributed by atoms with E-state index < -0.39 is 18.8 Å². The molecule has 0 N–H and O–H groups in total. The van der Waals surface area contributed by atoms with E-state index in [0.717, 1.165) is 6.42 Å². The van der Waals surface area contributed by atoms with Gasteiger partial charge in [-0.25, -0.2) is 8.78 Å². The summed E-state index contributed by atoms with van der Waals surface area (Å²) >= 11 is 0. The molecular formula is C6H10F2O2. The number of hydrogen-bond donors (Lipinski definition) is 0. The Balaban J connectivity index is 3.22. The number of hydrogen-bond acceptors (Lipinski definition) is 2. The van der Waals surface area contributed by atoms with Crippen molar-refractivity contribution in [1.29, 1.82) is 0 Å². The van der Waals surface area contributed by atoms with Gasteiger partial charge in [-0.1, -0.05) is 6.92 Å². The molecule has 0 aliphatic rings. The maximum atomic E-state index is 11.4. The topological polar surface area (TPSA) is 26.3 Å². The third kappa shape index (κ3) is 4.38. The van der Waals surface area contributed by atoms with Crippen molar-refractivity contribution in [2.24, 2.45) is 0 Å². The first-order valence-electron chi connectivity index (χ1n) is 3.07. The minimum absolute atomic E-state index is 0.360. The van der Waals surface area contributed by atoms with Gasteiger partial charge in [0, 0.05) is 6.61 Å². The maximum absolute atomic E-state index is 11.4. The summed E-state index contributed by atoms with van der Waals surface area (Å²) < 4.78 is 27.4. The Kier molecular flexibility index (Phi) is 5.02. The Morgan fingerprint density at radius 2 is 2.20 bits per heavy atom. The fourth-order valence-electron chi connectivity index (χ4n) is 0.380. The van der Waals surface area contributed by atoms with E-state index >= 15 is 0 Å². The van der Waals surface area contributed by atoms with E-state index in [2.05, 4.69) is 4.74 Å². The number of ketones is 1. The van der Waals surface area contributed by atoms with Crippen LogP contribution in [-0.2, 0) is 9.53 Å². The van der Waals surface area contributed by atoms with Crippen LogP contribution in [0.4, 0.5) is 8.78 Å². The summed E-state index contributed by atoms with van der Waals surface area (Å²) in [5, 5.41) is 0. The third-order valence-corrected chi connectivity index (χ3v) is 0.836. The summed E-state index contributed by atoms with van der Waals surface area (Å²) in [6, 6.07) is 0. The van der Waals surface area contributed by atoms with Crippen molar-refractivity contribution in [2.45, 2.75) is 19.8 Å². The Morgan fingerprint density at radius 1 is 1.60 bits per heavy atom. The SMILES string of the molecule is CCCOCC(=O)C(F)F. The summed E-state index contributed by atoms with van der Waals surface area (Å²) in [5.74, 6) is -1.14. The molecule has 4 heteroatoms. The van der Waals surface area contributed by atoms with Crippen molar-refractivity contribution in [3.05, 3.63) is 0 Å². The number of carbonyl (C=O) groups is 1. The van der Waals surface area contributed by atoms with E-state index in [-0.39, 0.29) is 0 Å². The zero-order chi connectivity index (χ0) is 7.98. The highest BCUT2D eigenvalue weighted by atomic mass is 19.3. The Hall–Kier alpha value is -0.510. The van der Waals surface area contributed by atoms with E-state index in [0.29, 0.717) is 6.61 Å². The normalized spacial score (nSPS) is 10.4. The molecule has 0 fully saturated rings. The zero-order valence-electron chi connectivity index (χ0n) is 5.77. The second-order valence-corrected chi connectivity index (χ2v) is 1.82. The molecule has 0 aromatic carbocycles. The Morgan fingerprint density at radius 3 is 2.60 bits per heavy atom. The van der Waals surface area contributed by atoms with Gasteiger partial charge in [-0.05, 0) is 6.42 Å². The molecule has 0 aromatic heterocycles. The lowest BCUT2D eigenvalue weighted by Gasteiger charge is -1.99. The fourth-order valence-corrected chi connectivity index (χ4v) is 0.380. The molecular weight excluding hydrogens is 142 g/mol. The fraction of sp³-hybridized carbons (Fsp3) is 0.833. The molecule has 0 bridgehead atoms. The largest absolute Gasteiger partial charge is 0.373 e. The second kappa shape index (κ2) is 5.29. The van der Waals surface area contributed by atoms with Crippen molar-refractivity contribution in [1.82, 2.24) is 0 Å². The van der Waals surface area contributed by atoms with Gasteiger partial charge >= 0.3 is 0 Å². The molecule has 0 radical (unpaired) electrons. The Labute approximate surface area is 58.2 Å². The molecule has 0 unspecified atom stereocenters. The van der Waals surface area contributed by atoms with Crippen LogP contribution in [-0.4, -0.2) is 25.4 Å². The van der Waals surface area contributed by atoms with E-state index in [9.17, 15) is 13.6 Å². The van der Waals surface area contributed by atoms with Gasteiger partial charge in [-0.2, -0.15) is 0 Å². The van der Waals surface area contributed by atoms with Gasteiger partial charge in [0.25, 0.3) is 6.43 Å². The average molecular weight is 152 g/mol. The number of carbonyl (C=O) groups excluding carboxylic acids is 1. The minimum Gasteiger partial charge on any atom is -0.373 e. The summed E-state index contributed by atoms with van der Waals surface area (Å²) in [7, 11) is 0. The molecule has 0 rings (SSSR count). The van der Waals surface area contributed by atoms with Crippen molar-refractivity contribution in [3.8, 4) is 0 Å². The van der Waals surface area contributed by atoms with Gasteiger partial charge < -0.3 is 4.74 Å². The number of ether oxygens (including phenoxy) is 1. The lowest BCUT2D eigenvalue weighted by Crippen LogP contribution is -2.17. The number of rotatable bonds is 5. The molecule has 2 nitrogen and oxygen atoms in total. The first kappa shape index (κ1) is 9.49. The van der Waals surface area contributed by atoms with Gasteiger partial charge in [0.2, 0.25) is 5.78 Å². The van der Waals surface area contributed by atoms with E-state index in [1.54, 1.807) is 0 Å². The van der Waals surface area contributed by atoms with Crippen LogP contribution >= 0.6 is 0 Å². The Bertz CT molecular complexity index is 104. The molecule has 0 saturated carbocycles. The monoisotopic (exact) mass is 152 g/mol. The molecule has 0 heterocycles. The lowest BCUT2D eigenvalue weighted by atomic mass is 10.4. The van der Waals surface area contributed by atoms with Gasteiger partial charge in [0.1, 0.15) is 6.61 Å². The maximum Gasteiger partial charge on any atom is 0.298 e. The third-order valence-electron chi connectivity index (χ3n) is 0.836. The van der Waals surface area contributed by atoms with Crippen LogP contribution in [0.3, 0.4) is 0 Å². The second-order valence-electron chi connectivity index (χ2n) is 1.82. The van der Waals surface area contributed by atoms with Crippen LogP contribution in [0.5, 0.6) is 0 Å². The van der Waals surface area contributed by atoms with Crippen LogP contribution in [0.15, 0.2) is 0 Å². The number of Topliss-reactive ketones (excluding diaryl/α,β-unsaturated/α-hetero) is 1. The van der Waals surface area contributed by atoms with E-state index in [1.165, 1.54) is 0 Å². The van der Waals surface area contributed by atoms with Crippen molar-refractivity contribution in [2.75, 3.05) is 13.2 Å². The zero-order valence-corrected chi connectivity index (χ0v) is 5.77. The molecule has 0 aliphatic carbocycles. The highest BCUT2D eigenvalue weighted by Crippen LogP contribution is 1.94. The first-order chi connectivity index (χ1) is 4.68. The van der Waals surface area contributed by atoms with Gasteiger partial charge in [-0.15, -0.1) is 0 Å². The number of halogens is 2. The van der Waals surface area contributed by atoms with Crippen LogP contribution in [0.25, 0.3) is 0 Å². The average Bonchev–Trinajstić information content (AvgIpc) is 1.88. The van der Waals surface area contributed by atoms with Gasteiger partial charge in [0.05, 0.1) is 0 Å². The van der Waals surface area contributed by atoms with Crippen molar-refractivity contribution < 1.29 is 18.3 Å². The summed E-state index contributed by atoms with van der Waals surface area (Å²) in [4.78, 5) is 10.1. The molecule has 10 heavy (non-hydrogen) atoms. The molecule has 0 aromatic rings. The number of alkyl halides is 2. The molecule has 0 spiro atoms. The van der Waals surface area contributed by atoms with Crippen molar-refractivity contribution >= 4 is 5.78 Å². The smallest absolute Gasteiger partial charge is 0.298 e. The highest BCUT2D eigenvalue weighted by molar-refractivity contribution is 5.82. The van der Waals surface area contributed by atoms with Crippen LogP contribution in [0.1, 0.15) is 13.3 Å². The minimum atomic E-state index is -2.89. The van der Waals surface area contributed by atoms with Crippen LogP contribution in [0.2, 0.25) is 0 Å². The molecule has 0 amide bonds. The van der Waals surface area contributed by atoms with Gasteiger partial charge in [0.15, 0.2) is 0 Å². The predicted octanol–water partition coefficient (Wildman–Crippen LogP) is 1.25. The van der Waals surface area contributed by atoms with Crippen molar-refractivity contribution in [3.63, 3.8) is 0 Å². The van der Waals surface area contributed by atoms with E-state index in [1.807, 2.05) is 6.92 Å².